The summed E-state index contributed by atoms with van der Waals surface area (Å²) in [4.78, 5) is 26.9. The zero-order valence-electron chi connectivity index (χ0n) is 14.9. The van der Waals surface area contributed by atoms with Crippen molar-refractivity contribution in [1.29, 1.82) is 0 Å². The zero-order chi connectivity index (χ0) is 18.4. The van der Waals surface area contributed by atoms with Crippen LogP contribution in [0.25, 0.3) is 0 Å². The first-order chi connectivity index (χ1) is 11.9. The summed E-state index contributed by atoms with van der Waals surface area (Å²) in [6.45, 7) is 3.86. The standard InChI is InChI=1S/C19H23N3O2S/c1-13-6-5-7-14(2)18(13)21-17(23)12-22(3)19(24)20-15-8-10-16(25-4)11-9-15/h5-11H,12H2,1-4H3,(H,20,24)(H,21,23). The van der Waals surface area contributed by atoms with Gasteiger partial charge in [0, 0.05) is 23.3 Å². The lowest BCUT2D eigenvalue weighted by molar-refractivity contribution is -0.116. The monoisotopic (exact) mass is 357 g/mol. The predicted molar refractivity (Wildman–Crippen MR) is 104 cm³/mol. The number of likely N-dealkylation sites (N-methyl/N-ethyl adjacent to an activating group) is 1. The van der Waals surface area contributed by atoms with Crippen LogP contribution in [0.3, 0.4) is 0 Å². The molecular weight excluding hydrogens is 334 g/mol. The Hall–Kier alpha value is -2.47. The molecule has 2 aromatic carbocycles. The van der Waals surface area contributed by atoms with Crippen molar-refractivity contribution in [1.82, 2.24) is 4.90 Å². The van der Waals surface area contributed by atoms with Gasteiger partial charge in [-0.1, -0.05) is 18.2 Å². The Morgan fingerprint density at radius 1 is 1.00 bits per heavy atom. The number of aryl methyl sites for hydroxylation is 2. The summed E-state index contributed by atoms with van der Waals surface area (Å²) < 4.78 is 0. The van der Waals surface area contributed by atoms with E-state index in [0.717, 1.165) is 21.7 Å². The molecule has 0 heterocycles. The number of urea groups is 1. The van der Waals surface area contributed by atoms with E-state index < -0.39 is 0 Å². The highest BCUT2D eigenvalue weighted by molar-refractivity contribution is 7.98. The van der Waals surface area contributed by atoms with Crippen molar-refractivity contribution in [2.24, 2.45) is 0 Å². The van der Waals surface area contributed by atoms with Gasteiger partial charge in [-0.25, -0.2) is 4.79 Å². The third kappa shape index (κ3) is 5.26. The molecule has 25 heavy (non-hydrogen) atoms. The number of para-hydroxylation sites is 1. The number of thioether (sulfide) groups is 1. The molecule has 5 nitrogen and oxygen atoms in total. The molecule has 6 heteroatoms. The molecular formula is C19H23N3O2S. The average Bonchev–Trinajstić information content (AvgIpc) is 2.59. The van der Waals surface area contributed by atoms with Crippen LogP contribution in [0.4, 0.5) is 16.2 Å². The molecule has 2 aromatic rings. The lowest BCUT2D eigenvalue weighted by atomic mass is 10.1. The quantitative estimate of drug-likeness (QED) is 0.791. The first-order valence-corrected chi connectivity index (χ1v) is 9.15. The van der Waals surface area contributed by atoms with E-state index in [9.17, 15) is 9.59 Å². The Morgan fingerprint density at radius 2 is 1.60 bits per heavy atom. The lowest BCUT2D eigenvalue weighted by Crippen LogP contribution is -2.37. The third-order valence-corrected chi connectivity index (χ3v) is 4.56. The molecule has 0 atom stereocenters. The van der Waals surface area contributed by atoms with Gasteiger partial charge >= 0.3 is 6.03 Å². The molecule has 2 rings (SSSR count). The van der Waals surface area contributed by atoms with E-state index in [1.165, 1.54) is 4.90 Å². The molecule has 2 N–H and O–H groups in total. The molecule has 0 aliphatic heterocycles. The summed E-state index contributed by atoms with van der Waals surface area (Å²) in [5.41, 5.74) is 3.49. The maximum atomic E-state index is 12.2. The van der Waals surface area contributed by atoms with Gasteiger partial charge in [0.05, 0.1) is 0 Å². The molecule has 0 aliphatic carbocycles. The van der Waals surface area contributed by atoms with Crippen molar-refractivity contribution in [2.75, 3.05) is 30.5 Å². The molecule has 0 fully saturated rings. The molecule has 3 amide bonds. The third-order valence-electron chi connectivity index (χ3n) is 3.81. The molecule has 0 unspecified atom stereocenters. The first kappa shape index (κ1) is 18.9. The molecule has 0 bridgehead atoms. The Bertz CT molecular complexity index is 740. The normalized spacial score (nSPS) is 10.2. The van der Waals surface area contributed by atoms with E-state index in [1.807, 2.05) is 62.6 Å². The van der Waals surface area contributed by atoms with E-state index in [4.69, 9.17) is 0 Å². The fourth-order valence-electron chi connectivity index (χ4n) is 2.37. The number of hydrogen-bond donors (Lipinski definition) is 2. The molecule has 0 radical (unpaired) electrons. The van der Waals surface area contributed by atoms with Crippen molar-refractivity contribution in [3.8, 4) is 0 Å². The number of carbonyl (C=O) groups excluding carboxylic acids is 2. The van der Waals surface area contributed by atoms with Crippen LogP contribution >= 0.6 is 11.8 Å². The Labute approximate surface area is 152 Å². The van der Waals surface area contributed by atoms with Gasteiger partial charge in [0.1, 0.15) is 6.54 Å². The second-order valence-electron chi connectivity index (χ2n) is 5.83. The number of benzene rings is 2. The summed E-state index contributed by atoms with van der Waals surface area (Å²) in [7, 11) is 1.59. The molecule has 0 saturated heterocycles. The topological polar surface area (TPSA) is 61.4 Å². The van der Waals surface area contributed by atoms with Crippen molar-refractivity contribution >= 4 is 35.1 Å². The molecule has 132 valence electrons. The van der Waals surface area contributed by atoms with Crippen LogP contribution in [-0.2, 0) is 4.79 Å². The minimum atomic E-state index is -0.325. The van der Waals surface area contributed by atoms with Gasteiger partial charge in [0.25, 0.3) is 0 Å². The maximum Gasteiger partial charge on any atom is 0.322 e. The number of anilines is 2. The van der Waals surface area contributed by atoms with E-state index in [0.29, 0.717) is 5.69 Å². The van der Waals surface area contributed by atoms with Gasteiger partial charge in [-0.15, -0.1) is 11.8 Å². The van der Waals surface area contributed by atoms with Crippen molar-refractivity contribution in [3.63, 3.8) is 0 Å². The van der Waals surface area contributed by atoms with E-state index in [2.05, 4.69) is 10.6 Å². The van der Waals surface area contributed by atoms with E-state index in [-0.39, 0.29) is 18.5 Å². The number of hydrogen-bond acceptors (Lipinski definition) is 3. The van der Waals surface area contributed by atoms with Crippen LogP contribution in [0.1, 0.15) is 11.1 Å². The summed E-state index contributed by atoms with van der Waals surface area (Å²) in [5.74, 6) is -0.229. The second-order valence-corrected chi connectivity index (χ2v) is 6.71. The van der Waals surface area contributed by atoms with Crippen LogP contribution in [0.5, 0.6) is 0 Å². The SMILES string of the molecule is CSc1ccc(NC(=O)N(C)CC(=O)Nc2c(C)cccc2C)cc1. The highest BCUT2D eigenvalue weighted by atomic mass is 32.2. The number of nitrogens with one attached hydrogen (secondary N) is 2. The summed E-state index contributed by atoms with van der Waals surface area (Å²) in [5, 5.41) is 5.66. The minimum Gasteiger partial charge on any atom is -0.324 e. The lowest BCUT2D eigenvalue weighted by Gasteiger charge is -2.19. The maximum absolute atomic E-state index is 12.2. The first-order valence-electron chi connectivity index (χ1n) is 7.93. The molecule has 0 aliphatic rings. The van der Waals surface area contributed by atoms with Crippen LogP contribution in [0, 0.1) is 13.8 Å². The van der Waals surface area contributed by atoms with Crippen LogP contribution in [0.2, 0.25) is 0 Å². The second kappa shape index (κ2) is 8.58. The zero-order valence-corrected chi connectivity index (χ0v) is 15.7. The predicted octanol–water partition coefficient (Wildman–Crippen LogP) is 4.13. The van der Waals surface area contributed by atoms with Crippen LogP contribution in [-0.4, -0.2) is 36.7 Å². The fourth-order valence-corrected chi connectivity index (χ4v) is 2.78. The Kier molecular flexibility index (Phi) is 6.47. The van der Waals surface area contributed by atoms with E-state index in [1.54, 1.807) is 18.8 Å². The Morgan fingerprint density at radius 3 is 2.16 bits per heavy atom. The summed E-state index contributed by atoms with van der Waals surface area (Å²) >= 11 is 1.64. The Balaban J connectivity index is 1.92. The van der Waals surface area contributed by atoms with Gasteiger partial charge < -0.3 is 15.5 Å². The van der Waals surface area contributed by atoms with Crippen molar-refractivity contribution in [3.05, 3.63) is 53.6 Å². The molecule has 0 saturated carbocycles. The van der Waals surface area contributed by atoms with Crippen LogP contribution < -0.4 is 10.6 Å². The highest BCUT2D eigenvalue weighted by Crippen LogP contribution is 2.19. The smallest absolute Gasteiger partial charge is 0.322 e. The van der Waals surface area contributed by atoms with Gasteiger partial charge in [0.2, 0.25) is 5.91 Å². The van der Waals surface area contributed by atoms with Crippen molar-refractivity contribution in [2.45, 2.75) is 18.7 Å². The van der Waals surface area contributed by atoms with E-state index >= 15 is 0 Å². The van der Waals surface area contributed by atoms with Crippen molar-refractivity contribution < 1.29 is 9.59 Å². The number of carbonyl (C=O) groups is 2. The number of rotatable bonds is 5. The summed E-state index contributed by atoms with van der Waals surface area (Å²) in [6, 6.07) is 13.1. The highest BCUT2D eigenvalue weighted by Gasteiger charge is 2.14. The van der Waals surface area contributed by atoms with Gasteiger partial charge in [0.15, 0.2) is 0 Å². The number of nitrogens with zero attached hydrogens (tertiary/aromatic N) is 1. The summed E-state index contributed by atoms with van der Waals surface area (Å²) in [6.07, 6.45) is 2.00. The van der Waals surface area contributed by atoms with Crippen LogP contribution in [0.15, 0.2) is 47.4 Å². The number of amides is 3. The van der Waals surface area contributed by atoms with Gasteiger partial charge in [-0.2, -0.15) is 0 Å². The fraction of sp³-hybridized carbons (Fsp3) is 0.263. The van der Waals surface area contributed by atoms with Gasteiger partial charge in [-0.05, 0) is 55.5 Å². The van der Waals surface area contributed by atoms with Gasteiger partial charge in [-0.3, -0.25) is 4.79 Å². The molecule has 0 aromatic heterocycles. The average molecular weight is 357 g/mol. The largest absolute Gasteiger partial charge is 0.324 e. The molecule has 0 spiro atoms. The minimum absolute atomic E-state index is 0.0253.